The summed E-state index contributed by atoms with van der Waals surface area (Å²) in [6.45, 7) is 3.43. The van der Waals surface area contributed by atoms with Crippen LogP contribution in [0.1, 0.15) is 39.5 Å². The molecule has 0 aromatic heterocycles. The van der Waals surface area contributed by atoms with Gasteiger partial charge in [0.15, 0.2) is 0 Å². The molecule has 12 heteroatoms. The van der Waals surface area contributed by atoms with Gasteiger partial charge in [-0.15, -0.1) is 0 Å². The number of amides is 1. The number of hydrogen-bond donors (Lipinski definition) is 2. The second kappa shape index (κ2) is 8.05. The Labute approximate surface area is 182 Å². The summed E-state index contributed by atoms with van der Waals surface area (Å²) in [5.41, 5.74) is 0.989. The molecule has 0 aromatic carbocycles. The second-order valence-corrected chi connectivity index (χ2v) is 13.5. The van der Waals surface area contributed by atoms with Gasteiger partial charge >= 0.3 is 10.2 Å². The molecule has 9 nitrogen and oxygen atoms in total. The summed E-state index contributed by atoms with van der Waals surface area (Å²) in [6, 6.07) is -1.29. The van der Waals surface area contributed by atoms with Crippen LogP contribution in [0.2, 0.25) is 0 Å². The number of aliphatic hydroxyl groups excluding tert-OH is 1. The van der Waals surface area contributed by atoms with Gasteiger partial charge in [-0.05, 0) is 57.3 Å². The summed E-state index contributed by atoms with van der Waals surface area (Å²) in [5.74, 6) is -1.22. The highest BCUT2D eigenvalue weighted by atomic mass is 32.2. The SMILES string of the molecule is CC(C)S(=O)(=O)N1CC=C(C2CCC3CC(O)C(N4CC(=O)NS4(=O)=O)C(F)C3C2)C1. The standard InChI is InChI=1S/C19H30FN3O6S2/c1-11(2)30(26,27)22-6-5-14(9-22)12-3-4-13-8-16(24)19(18(20)15(13)7-12)23-10-17(25)21-31(23,28)29/h5,11-13,15-16,18-19,24H,3-4,6-10H2,1-2H3,(H,21,25). The average Bonchev–Trinajstić information content (AvgIpc) is 3.26. The Morgan fingerprint density at radius 2 is 1.94 bits per heavy atom. The summed E-state index contributed by atoms with van der Waals surface area (Å²) < 4.78 is 69.1. The first-order valence-electron chi connectivity index (χ1n) is 10.7. The van der Waals surface area contributed by atoms with E-state index in [2.05, 4.69) is 0 Å². The van der Waals surface area contributed by atoms with E-state index in [4.69, 9.17) is 0 Å². The number of aliphatic hydroxyl groups is 1. The maximum atomic E-state index is 15.7. The Kier molecular flexibility index (Phi) is 6.00. The molecular weight excluding hydrogens is 449 g/mol. The lowest BCUT2D eigenvalue weighted by atomic mass is 9.63. The van der Waals surface area contributed by atoms with Crippen LogP contribution in [-0.2, 0) is 25.0 Å². The van der Waals surface area contributed by atoms with Crippen molar-refractivity contribution in [2.45, 2.75) is 63.1 Å². The monoisotopic (exact) mass is 479 g/mol. The zero-order chi connectivity index (χ0) is 22.7. The number of hydrogen-bond acceptors (Lipinski definition) is 6. The third-order valence-electron chi connectivity index (χ3n) is 7.30. The average molecular weight is 480 g/mol. The summed E-state index contributed by atoms with van der Waals surface area (Å²) in [7, 11) is -7.52. The minimum Gasteiger partial charge on any atom is -0.391 e. The molecule has 31 heavy (non-hydrogen) atoms. The molecule has 0 aromatic rings. The van der Waals surface area contributed by atoms with Crippen LogP contribution < -0.4 is 4.72 Å². The van der Waals surface area contributed by atoms with Gasteiger partial charge < -0.3 is 5.11 Å². The highest BCUT2D eigenvalue weighted by molar-refractivity contribution is 7.89. The molecule has 3 fully saturated rings. The smallest absolute Gasteiger partial charge is 0.304 e. The number of alkyl halides is 1. The van der Waals surface area contributed by atoms with Crippen LogP contribution >= 0.6 is 0 Å². The number of halogens is 1. The Morgan fingerprint density at radius 1 is 1.23 bits per heavy atom. The minimum atomic E-state index is -4.15. The zero-order valence-electron chi connectivity index (χ0n) is 17.6. The molecule has 0 bridgehead atoms. The minimum absolute atomic E-state index is 0.0256. The van der Waals surface area contributed by atoms with Gasteiger partial charge in [-0.3, -0.25) is 4.79 Å². The Balaban J connectivity index is 1.49. The third kappa shape index (κ3) is 4.05. The fourth-order valence-electron chi connectivity index (χ4n) is 5.62. The van der Waals surface area contributed by atoms with Gasteiger partial charge in [0, 0.05) is 13.1 Å². The molecule has 2 aliphatic heterocycles. The molecule has 0 spiro atoms. The fourth-order valence-corrected chi connectivity index (χ4v) is 8.16. The van der Waals surface area contributed by atoms with E-state index in [0.717, 1.165) is 16.3 Å². The van der Waals surface area contributed by atoms with E-state index in [1.54, 1.807) is 13.8 Å². The largest absolute Gasteiger partial charge is 0.391 e. The van der Waals surface area contributed by atoms with Crippen molar-refractivity contribution in [3.8, 4) is 0 Å². The number of carbonyl (C=O) groups is 1. The van der Waals surface area contributed by atoms with E-state index in [0.29, 0.717) is 25.9 Å². The van der Waals surface area contributed by atoms with Crippen molar-refractivity contribution in [3.63, 3.8) is 0 Å². The molecular formula is C19H30FN3O6S2. The van der Waals surface area contributed by atoms with Crippen molar-refractivity contribution < 1.29 is 31.1 Å². The van der Waals surface area contributed by atoms with Crippen LogP contribution in [-0.4, -0.2) is 79.7 Å². The van der Waals surface area contributed by atoms with Crippen molar-refractivity contribution in [3.05, 3.63) is 11.6 Å². The highest BCUT2D eigenvalue weighted by Gasteiger charge is 2.54. The first kappa shape index (κ1) is 23.1. The third-order valence-corrected chi connectivity index (χ3v) is 11.0. The molecule has 2 aliphatic carbocycles. The predicted octanol–water partition coefficient (Wildman–Crippen LogP) is 0.147. The number of nitrogens with zero attached hydrogens (tertiary/aromatic N) is 2. The van der Waals surface area contributed by atoms with Crippen molar-refractivity contribution in [2.24, 2.45) is 17.8 Å². The van der Waals surface area contributed by atoms with E-state index in [-0.39, 0.29) is 18.3 Å². The molecule has 6 atom stereocenters. The topological polar surface area (TPSA) is 124 Å². The van der Waals surface area contributed by atoms with Gasteiger partial charge in [-0.25, -0.2) is 17.5 Å². The lowest BCUT2D eigenvalue weighted by Crippen LogP contribution is -2.58. The van der Waals surface area contributed by atoms with Crippen LogP contribution in [0.4, 0.5) is 4.39 Å². The summed E-state index contributed by atoms with van der Waals surface area (Å²) in [4.78, 5) is 11.6. The Hall–Kier alpha value is -1.08. The molecule has 6 unspecified atom stereocenters. The number of sulfonamides is 1. The van der Waals surface area contributed by atoms with E-state index >= 15 is 4.39 Å². The molecule has 4 aliphatic rings. The molecule has 1 saturated heterocycles. The van der Waals surface area contributed by atoms with Crippen molar-refractivity contribution >= 4 is 26.1 Å². The van der Waals surface area contributed by atoms with Gasteiger partial charge in [-0.1, -0.05) is 11.6 Å². The van der Waals surface area contributed by atoms with E-state index < -0.39 is 62.2 Å². The fraction of sp³-hybridized carbons (Fsp3) is 0.842. The number of rotatable bonds is 4. The summed E-state index contributed by atoms with van der Waals surface area (Å²) in [6.07, 6.45) is 1.39. The van der Waals surface area contributed by atoms with Gasteiger partial charge in [0.25, 0.3) is 0 Å². The lowest BCUT2D eigenvalue weighted by Gasteiger charge is -2.48. The lowest BCUT2D eigenvalue weighted by molar-refractivity contribution is -0.119. The van der Waals surface area contributed by atoms with E-state index in [1.807, 2.05) is 10.8 Å². The summed E-state index contributed by atoms with van der Waals surface area (Å²) in [5, 5.41) is 10.0. The van der Waals surface area contributed by atoms with Crippen LogP contribution in [0.5, 0.6) is 0 Å². The molecule has 2 saturated carbocycles. The zero-order valence-corrected chi connectivity index (χ0v) is 19.3. The maximum absolute atomic E-state index is 15.7. The van der Waals surface area contributed by atoms with Crippen LogP contribution in [0.3, 0.4) is 0 Å². The number of carbonyl (C=O) groups excluding carboxylic acids is 1. The van der Waals surface area contributed by atoms with Crippen LogP contribution in [0.25, 0.3) is 0 Å². The van der Waals surface area contributed by atoms with E-state index in [1.165, 1.54) is 4.31 Å². The molecule has 0 radical (unpaired) electrons. The molecule has 4 rings (SSSR count). The molecule has 2 N–H and O–H groups in total. The first-order valence-corrected chi connectivity index (χ1v) is 13.7. The normalized spacial score (nSPS) is 39.4. The van der Waals surface area contributed by atoms with Gasteiger partial charge in [-0.2, -0.15) is 17.0 Å². The first-order chi connectivity index (χ1) is 14.4. The van der Waals surface area contributed by atoms with Gasteiger partial charge in [0.1, 0.15) is 6.17 Å². The molecule has 1 amide bonds. The van der Waals surface area contributed by atoms with Crippen LogP contribution in [0, 0.1) is 17.8 Å². The van der Waals surface area contributed by atoms with E-state index in [9.17, 15) is 26.7 Å². The van der Waals surface area contributed by atoms with Crippen LogP contribution in [0.15, 0.2) is 11.6 Å². The number of fused-ring (bicyclic) bond motifs is 1. The molecule has 2 heterocycles. The Morgan fingerprint density at radius 3 is 2.55 bits per heavy atom. The Bertz CT molecular complexity index is 983. The van der Waals surface area contributed by atoms with Crippen molar-refractivity contribution in [1.82, 2.24) is 13.3 Å². The van der Waals surface area contributed by atoms with Crippen molar-refractivity contribution in [2.75, 3.05) is 19.6 Å². The van der Waals surface area contributed by atoms with Crippen molar-refractivity contribution in [1.29, 1.82) is 0 Å². The second-order valence-electron chi connectivity index (χ2n) is 9.41. The summed E-state index contributed by atoms with van der Waals surface area (Å²) >= 11 is 0. The number of nitrogens with one attached hydrogen (secondary N) is 1. The molecule has 176 valence electrons. The van der Waals surface area contributed by atoms with Gasteiger partial charge in [0.05, 0.1) is 23.9 Å². The quantitative estimate of drug-likeness (QED) is 0.553. The predicted molar refractivity (Wildman–Crippen MR) is 111 cm³/mol. The van der Waals surface area contributed by atoms with Gasteiger partial charge in [0.2, 0.25) is 15.9 Å². The maximum Gasteiger partial charge on any atom is 0.304 e. The highest BCUT2D eigenvalue weighted by Crippen LogP contribution is 2.48.